The number of rotatable bonds is 4. The van der Waals surface area contributed by atoms with E-state index in [0.717, 1.165) is 10.9 Å². The first-order valence-electron chi connectivity index (χ1n) is 9.37. The van der Waals surface area contributed by atoms with E-state index < -0.39 is 10.0 Å². The molecule has 1 aromatic heterocycles. The molecule has 0 radical (unpaired) electrons. The van der Waals surface area contributed by atoms with Crippen LogP contribution >= 0.6 is 0 Å². The summed E-state index contributed by atoms with van der Waals surface area (Å²) in [5.41, 5.74) is 1.28. The lowest BCUT2D eigenvalue weighted by atomic mass is 10.2. The van der Waals surface area contributed by atoms with Crippen molar-refractivity contribution in [2.24, 2.45) is 5.10 Å². The van der Waals surface area contributed by atoms with E-state index in [1.54, 1.807) is 36.4 Å². The molecule has 1 aliphatic heterocycles. The van der Waals surface area contributed by atoms with E-state index in [0.29, 0.717) is 32.0 Å². The SMILES string of the molecule is CN(/C(=N/N1CCOCC1)c1ccc2ccccc2n1)S(=O)(=O)c1ccccc1. The maximum Gasteiger partial charge on any atom is 0.265 e. The van der Waals surface area contributed by atoms with E-state index in [1.165, 1.54) is 11.4 Å². The Morgan fingerprint density at radius 3 is 2.45 bits per heavy atom. The highest BCUT2D eigenvalue weighted by Crippen LogP contribution is 2.19. The number of hydrazone groups is 1. The third-order valence-electron chi connectivity index (χ3n) is 4.75. The Kier molecular flexibility index (Phi) is 5.46. The first kappa shape index (κ1) is 19.4. The van der Waals surface area contributed by atoms with Gasteiger partial charge in [0.25, 0.3) is 10.0 Å². The van der Waals surface area contributed by atoms with Crippen molar-refractivity contribution in [1.82, 2.24) is 14.3 Å². The standard InChI is InChI=1S/C21H22N4O3S/c1-24(29(26,27)18-8-3-2-4-9-18)21(23-25-13-15-28-16-14-25)20-12-11-17-7-5-6-10-19(17)22-20/h2-12H,13-16H2,1H3/b23-21+. The molecule has 0 aliphatic carbocycles. The minimum atomic E-state index is -3.79. The number of sulfonamides is 1. The van der Waals surface area contributed by atoms with E-state index in [-0.39, 0.29) is 10.7 Å². The van der Waals surface area contributed by atoms with Gasteiger partial charge in [0.15, 0.2) is 5.84 Å². The fourth-order valence-electron chi connectivity index (χ4n) is 3.12. The summed E-state index contributed by atoms with van der Waals surface area (Å²) in [4.78, 5) is 4.88. The molecule has 0 unspecified atom stereocenters. The predicted octanol–water partition coefficient (Wildman–Crippen LogP) is 2.55. The number of hydrogen-bond acceptors (Lipinski definition) is 6. The molecule has 1 fully saturated rings. The number of pyridine rings is 1. The van der Waals surface area contributed by atoms with Gasteiger partial charge in [0.05, 0.1) is 36.7 Å². The van der Waals surface area contributed by atoms with Gasteiger partial charge in [0.1, 0.15) is 5.69 Å². The van der Waals surface area contributed by atoms with Crippen LogP contribution in [-0.4, -0.2) is 61.9 Å². The summed E-state index contributed by atoms with van der Waals surface area (Å²) in [5.74, 6) is 0.279. The van der Waals surface area contributed by atoms with Crippen molar-refractivity contribution in [3.8, 4) is 0 Å². The van der Waals surface area contributed by atoms with Crippen LogP contribution in [0.2, 0.25) is 0 Å². The lowest BCUT2D eigenvalue weighted by molar-refractivity contribution is 0.0390. The molecule has 29 heavy (non-hydrogen) atoms. The lowest BCUT2D eigenvalue weighted by Gasteiger charge is -2.27. The van der Waals surface area contributed by atoms with Gasteiger partial charge < -0.3 is 4.74 Å². The molecule has 1 saturated heterocycles. The molecule has 0 amide bonds. The summed E-state index contributed by atoms with van der Waals surface area (Å²) < 4.78 is 33.0. The van der Waals surface area contributed by atoms with Gasteiger partial charge in [-0.15, -0.1) is 0 Å². The number of fused-ring (bicyclic) bond motifs is 1. The number of hydrogen-bond donors (Lipinski definition) is 0. The summed E-state index contributed by atoms with van der Waals surface area (Å²) >= 11 is 0. The number of benzene rings is 2. The predicted molar refractivity (Wildman–Crippen MR) is 112 cm³/mol. The van der Waals surface area contributed by atoms with Crippen molar-refractivity contribution in [2.75, 3.05) is 33.4 Å². The van der Waals surface area contributed by atoms with Crippen LogP contribution < -0.4 is 0 Å². The second kappa shape index (κ2) is 8.18. The molecule has 2 heterocycles. The average Bonchev–Trinajstić information content (AvgIpc) is 2.78. The van der Waals surface area contributed by atoms with Gasteiger partial charge in [-0.2, -0.15) is 5.10 Å². The Hall–Kier alpha value is -2.97. The molecule has 1 aliphatic rings. The average molecular weight is 410 g/mol. The Morgan fingerprint density at radius 1 is 1.00 bits per heavy atom. The smallest absolute Gasteiger partial charge is 0.265 e. The summed E-state index contributed by atoms with van der Waals surface area (Å²) in [6, 6.07) is 19.8. The Balaban J connectivity index is 1.80. The first-order chi connectivity index (χ1) is 14.1. The summed E-state index contributed by atoms with van der Waals surface area (Å²) in [6.45, 7) is 2.29. The van der Waals surface area contributed by atoms with Gasteiger partial charge in [0.2, 0.25) is 0 Å². The zero-order chi connectivity index (χ0) is 20.3. The molecule has 0 atom stereocenters. The quantitative estimate of drug-likeness (QED) is 0.488. The summed E-state index contributed by atoms with van der Waals surface area (Å²) in [7, 11) is -2.27. The van der Waals surface area contributed by atoms with Gasteiger partial charge >= 0.3 is 0 Å². The first-order valence-corrected chi connectivity index (χ1v) is 10.8. The van der Waals surface area contributed by atoms with Crippen LogP contribution in [0.15, 0.2) is 76.7 Å². The molecule has 8 heteroatoms. The zero-order valence-corrected chi connectivity index (χ0v) is 16.9. The fourth-order valence-corrected chi connectivity index (χ4v) is 4.29. The molecule has 3 aromatic rings. The van der Waals surface area contributed by atoms with Gasteiger partial charge in [-0.05, 0) is 24.3 Å². The normalized spacial score (nSPS) is 15.5. The fraction of sp³-hybridized carbons (Fsp3) is 0.238. The summed E-state index contributed by atoms with van der Waals surface area (Å²) in [6.07, 6.45) is 0. The van der Waals surface area contributed by atoms with E-state index in [9.17, 15) is 8.42 Å². The van der Waals surface area contributed by atoms with Crippen molar-refractivity contribution in [3.63, 3.8) is 0 Å². The number of nitrogens with zero attached hydrogens (tertiary/aromatic N) is 4. The van der Waals surface area contributed by atoms with Crippen molar-refractivity contribution in [3.05, 3.63) is 72.4 Å². The largest absolute Gasteiger partial charge is 0.378 e. The van der Waals surface area contributed by atoms with E-state index >= 15 is 0 Å². The van der Waals surface area contributed by atoms with Gasteiger partial charge in [-0.3, -0.25) is 5.01 Å². The molecule has 0 spiro atoms. The van der Waals surface area contributed by atoms with Crippen molar-refractivity contribution < 1.29 is 13.2 Å². The van der Waals surface area contributed by atoms with Gasteiger partial charge in [0, 0.05) is 12.4 Å². The number of aromatic nitrogens is 1. The highest BCUT2D eigenvalue weighted by molar-refractivity contribution is 7.89. The van der Waals surface area contributed by atoms with Crippen LogP contribution in [0.5, 0.6) is 0 Å². The Morgan fingerprint density at radius 2 is 1.69 bits per heavy atom. The molecular formula is C21H22N4O3S. The third-order valence-corrected chi connectivity index (χ3v) is 6.51. The maximum absolute atomic E-state index is 13.2. The van der Waals surface area contributed by atoms with Gasteiger partial charge in [-0.1, -0.05) is 42.5 Å². The van der Waals surface area contributed by atoms with Crippen LogP contribution in [0.25, 0.3) is 10.9 Å². The van der Waals surface area contributed by atoms with Crippen LogP contribution in [-0.2, 0) is 14.8 Å². The molecule has 2 aromatic carbocycles. The topological polar surface area (TPSA) is 75.1 Å². The molecule has 7 nitrogen and oxygen atoms in total. The third kappa shape index (κ3) is 4.08. The monoisotopic (exact) mass is 410 g/mol. The second-order valence-corrected chi connectivity index (χ2v) is 8.63. The zero-order valence-electron chi connectivity index (χ0n) is 16.1. The maximum atomic E-state index is 13.2. The minimum Gasteiger partial charge on any atom is -0.378 e. The Bertz CT molecular complexity index is 1130. The number of amidine groups is 1. The number of morpholine rings is 1. The number of para-hydroxylation sites is 1. The molecular weight excluding hydrogens is 388 g/mol. The molecule has 150 valence electrons. The lowest BCUT2D eigenvalue weighted by Crippen LogP contribution is -2.39. The van der Waals surface area contributed by atoms with E-state index in [1.807, 2.05) is 35.3 Å². The van der Waals surface area contributed by atoms with Crippen molar-refractivity contribution >= 4 is 26.8 Å². The highest BCUT2D eigenvalue weighted by atomic mass is 32.2. The van der Waals surface area contributed by atoms with Crippen molar-refractivity contribution in [2.45, 2.75) is 4.90 Å². The van der Waals surface area contributed by atoms with Crippen LogP contribution in [0, 0.1) is 0 Å². The second-order valence-electron chi connectivity index (χ2n) is 6.66. The highest BCUT2D eigenvalue weighted by Gasteiger charge is 2.27. The van der Waals surface area contributed by atoms with Crippen LogP contribution in [0.1, 0.15) is 5.69 Å². The number of ether oxygens (including phenoxy) is 1. The van der Waals surface area contributed by atoms with E-state index in [4.69, 9.17) is 4.74 Å². The molecule has 0 bridgehead atoms. The van der Waals surface area contributed by atoms with E-state index in [2.05, 4.69) is 10.1 Å². The van der Waals surface area contributed by atoms with Crippen molar-refractivity contribution in [1.29, 1.82) is 0 Å². The molecule has 4 rings (SSSR count). The van der Waals surface area contributed by atoms with Crippen LogP contribution in [0.3, 0.4) is 0 Å². The van der Waals surface area contributed by atoms with Crippen LogP contribution in [0.4, 0.5) is 0 Å². The molecule has 0 saturated carbocycles. The summed E-state index contributed by atoms with van der Waals surface area (Å²) in [5, 5.41) is 7.47. The van der Waals surface area contributed by atoms with Gasteiger partial charge in [-0.25, -0.2) is 17.7 Å². The Labute approximate surface area is 170 Å². The molecule has 0 N–H and O–H groups in total. The minimum absolute atomic E-state index is 0.206.